The highest BCUT2D eigenvalue weighted by Gasteiger charge is 2.29. The van der Waals surface area contributed by atoms with Gasteiger partial charge in [-0.3, -0.25) is 9.59 Å². The van der Waals surface area contributed by atoms with E-state index in [0.717, 1.165) is 5.56 Å². The molecular formula is C14H19NO4S. The standard InChI is InChI=1S/C14H19NO4S/c1-9(17)13-4-10(8-20-13)5-14(19)15-3-2-11(7-16)12(18)6-15/h4,8,11-12,16,18H,2-3,5-7H2,1H3/t11-,12-/m1/s1. The molecule has 5 nitrogen and oxygen atoms in total. The number of carbonyl (C=O) groups excluding carboxylic acids is 2. The fourth-order valence-corrected chi connectivity index (χ4v) is 3.17. The van der Waals surface area contributed by atoms with Crippen molar-refractivity contribution in [2.24, 2.45) is 5.92 Å². The number of β-amino-alcohol motifs (C(OH)–C–C–N with tert-alkyl or cyclic N) is 1. The summed E-state index contributed by atoms with van der Waals surface area (Å²) in [4.78, 5) is 25.7. The van der Waals surface area contributed by atoms with Crippen LogP contribution in [0.15, 0.2) is 11.4 Å². The molecule has 2 rings (SSSR count). The number of Topliss-reactive ketones (excluding diaryl/α,β-unsaturated/α-hetero) is 1. The van der Waals surface area contributed by atoms with Gasteiger partial charge in [0.15, 0.2) is 5.78 Å². The highest BCUT2D eigenvalue weighted by Crippen LogP contribution is 2.20. The molecule has 0 spiro atoms. The van der Waals surface area contributed by atoms with E-state index >= 15 is 0 Å². The molecular weight excluding hydrogens is 278 g/mol. The molecule has 0 bridgehead atoms. The first-order valence-corrected chi connectivity index (χ1v) is 7.54. The number of likely N-dealkylation sites (tertiary alicyclic amines) is 1. The maximum Gasteiger partial charge on any atom is 0.227 e. The molecule has 1 amide bonds. The number of aliphatic hydroxyl groups excluding tert-OH is 2. The van der Waals surface area contributed by atoms with Crippen molar-refractivity contribution in [1.82, 2.24) is 4.90 Å². The van der Waals surface area contributed by atoms with Gasteiger partial charge in [-0.15, -0.1) is 11.3 Å². The lowest BCUT2D eigenvalue weighted by Crippen LogP contribution is -2.48. The minimum atomic E-state index is -0.659. The number of piperidine rings is 1. The van der Waals surface area contributed by atoms with Gasteiger partial charge in [0.25, 0.3) is 0 Å². The second-order valence-electron chi connectivity index (χ2n) is 5.19. The van der Waals surface area contributed by atoms with Crippen LogP contribution in [0.5, 0.6) is 0 Å². The minimum Gasteiger partial charge on any atom is -0.396 e. The molecule has 1 saturated heterocycles. The first kappa shape index (κ1) is 15.2. The van der Waals surface area contributed by atoms with Gasteiger partial charge in [-0.1, -0.05) is 0 Å². The summed E-state index contributed by atoms with van der Waals surface area (Å²) in [5, 5.41) is 20.7. The zero-order valence-corrected chi connectivity index (χ0v) is 12.2. The van der Waals surface area contributed by atoms with E-state index in [1.165, 1.54) is 18.3 Å². The monoisotopic (exact) mass is 297 g/mol. The first-order valence-electron chi connectivity index (χ1n) is 6.66. The van der Waals surface area contributed by atoms with Crippen LogP contribution in [0, 0.1) is 5.92 Å². The topological polar surface area (TPSA) is 77.8 Å². The van der Waals surface area contributed by atoms with Gasteiger partial charge in [-0.25, -0.2) is 0 Å². The molecule has 2 heterocycles. The van der Waals surface area contributed by atoms with Crippen LogP contribution in [0.1, 0.15) is 28.6 Å². The Balaban J connectivity index is 1.93. The van der Waals surface area contributed by atoms with E-state index in [4.69, 9.17) is 5.11 Å². The van der Waals surface area contributed by atoms with Gasteiger partial charge in [0.1, 0.15) is 0 Å². The Morgan fingerprint density at radius 2 is 2.25 bits per heavy atom. The van der Waals surface area contributed by atoms with E-state index in [2.05, 4.69) is 0 Å². The smallest absolute Gasteiger partial charge is 0.227 e. The fourth-order valence-electron chi connectivity index (χ4n) is 2.36. The third-order valence-electron chi connectivity index (χ3n) is 3.66. The van der Waals surface area contributed by atoms with Crippen molar-refractivity contribution in [2.75, 3.05) is 19.7 Å². The van der Waals surface area contributed by atoms with Crippen LogP contribution < -0.4 is 0 Å². The summed E-state index contributed by atoms with van der Waals surface area (Å²) in [5.41, 5.74) is 0.837. The van der Waals surface area contributed by atoms with Gasteiger partial charge in [0.2, 0.25) is 5.91 Å². The summed E-state index contributed by atoms with van der Waals surface area (Å²) in [5.74, 6) is -0.175. The average molecular weight is 297 g/mol. The van der Waals surface area contributed by atoms with E-state index in [9.17, 15) is 14.7 Å². The number of amides is 1. The first-order chi connectivity index (χ1) is 9.51. The van der Waals surface area contributed by atoms with Gasteiger partial charge in [0.05, 0.1) is 17.4 Å². The highest BCUT2D eigenvalue weighted by atomic mass is 32.1. The van der Waals surface area contributed by atoms with Crippen LogP contribution in [0.2, 0.25) is 0 Å². The number of ketones is 1. The quantitative estimate of drug-likeness (QED) is 0.802. The molecule has 1 aromatic rings. The zero-order valence-electron chi connectivity index (χ0n) is 11.4. The van der Waals surface area contributed by atoms with Crippen molar-refractivity contribution < 1.29 is 19.8 Å². The van der Waals surface area contributed by atoms with Crippen molar-refractivity contribution in [3.05, 3.63) is 21.9 Å². The maximum absolute atomic E-state index is 12.2. The molecule has 110 valence electrons. The highest BCUT2D eigenvalue weighted by molar-refractivity contribution is 7.12. The number of aliphatic hydroxyl groups is 2. The summed E-state index contributed by atoms with van der Waals surface area (Å²) in [6.45, 7) is 2.29. The van der Waals surface area contributed by atoms with Gasteiger partial charge in [-0.05, 0) is 30.4 Å². The maximum atomic E-state index is 12.2. The summed E-state index contributed by atoms with van der Waals surface area (Å²) in [7, 11) is 0. The summed E-state index contributed by atoms with van der Waals surface area (Å²) in [6.07, 6.45) is 0.208. The van der Waals surface area contributed by atoms with E-state index in [0.29, 0.717) is 17.8 Å². The number of thiophene rings is 1. The molecule has 0 aliphatic carbocycles. The van der Waals surface area contributed by atoms with Crippen molar-refractivity contribution in [1.29, 1.82) is 0 Å². The molecule has 2 N–H and O–H groups in total. The van der Waals surface area contributed by atoms with Gasteiger partial charge < -0.3 is 15.1 Å². The average Bonchev–Trinajstić information content (AvgIpc) is 2.87. The second-order valence-corrected chi connectivity index (χ2v) is 6.10. The fraction of sp³-hybridized carbons (Fsp3) is 0.571. The zero-order chi connectivity index (χ0) is 14.7. The Hall–Kier alpha value is -1.24. The summed E-state index contributed by atoms with van der Waals surface area (Å²) in [6, 6.07) is 1.75. The Morgan fingerprint density at radius 3 is 2.80 bits per heavy atom. The van der Waals surface area contributed by atoms with Crippen molar-refractivity contribution in [2.45, 2.75) is 25.9 Å². The molecule has 0 unspecified atom stereocenters. The van der Waals surface area contributed by atoms with Crippen LogP contribution in [0.25, 0.3) is 0 Å². The minimum absolute atomic E-state index is 0.00730. The molecule has 0 saturated carbocycles. The molecule has 1 aliphatic heterocycles. The molecule has 6 heteroatoms. The number of hydrogen-bond acceptors (Lipinski definition) is 5. The number of nitrogens with zero attached hydrogens (tertiary/aromatic N) is 1. The molecule has 0 radical (unpaired) electrons. The van der Waals surface area contributed by atoms with E-state index in [1.54, 1.807) is 11.0 Å². The summed E-state index contributed by atoms with van der Waals surface area (Å²) < 4.78 is 0. The Kier molecular flexibility index (Phi) is 4.91. The predicted octanol–water partition coefficient (Wildman–Crippen LogP) is 0.695. The largest absolute Gasteiger partial charge is 0.396 e. The second kappa shape index (κ2) is 6.47. The molecule has 1 aliphatic rings. The number of carbonyl (C=O) groups is 2. The molecule has 1 fully saturated rings. The van der Waals surface area contributed by atoms with Crippen molar-refractivity contribution >= 4 is 23.0 Å². The van der Waals surface area contributed by atoms with Crippen molar-refractivity contribution in [3.8, 4) is 0 Å². The lowest BCUT2D eigenvalue weighted by molar-refractivity contribution is -0.135. The van der Waals surface area contributed by atoms with Gasteiger partial charge in [0, 0.05) is 25.6 Å². The Bertz CT molecular complexity index is 499. The lowest BCUT2D eigenvalue weighted by atomic mass is 9.94. The third kappa shape index (κ3) is 3.45. The summed E-state index contributed by atoms with van der Waals surface area (Å²) >= 11 is 1.35. The van der Waals surface area contributed by atoms with Crippen LogP contribution in [-0.4, -0.2) is 52.6 Å². The molecule has 0 aromatic carbocycles. The van der Waals surface area contributed by atoms with E-state index in [1.807, 2.05) is 5.38 Å². The predicted molar refractivity (Wildman–Crippen MR) is 75.8 cm³/mol. The number of rotatable bonds is 4. The number of hydrogen-bond donors (Lipinski definition) is 2. The normalized spacial score (nSPS) is 22.9. The SMILES string of the molecule is CC(=O)c1cc(CC(=O)N2CC[C@H](CO)[C@H](O)C2)cs1. The van der Waals surface area contributed by atoms with E-state index in [-0.39, 0.29) is 37.2 Å². The molecule has 20 heavy (non-hydrogen) atoms. The van der Waals surface area contributed by atoms with Crippen LogP contribution in [0.4, 0.5) is 0 Å². The van der Waals surface area contributed by atoms with Crippen LogP contribution >= 0.6 is 11.3 Å². The Morgan fingerprint density at radius 1 is 1.50 bits per heavy atom. The molecule has 2 atom stereocenters. The van der Waals surface area contributed by atoms with E-state index < -0.39 is 6.10 Å². The van der Waals surface area contributed by atoms with Gasteiger partial charge >= 0.3 is 0 Å². The van der Waals surface area contributed by atoms with Gasteiger partial charge in [-0.2, -0.15) is 0 Å². The lowest BCUT2D eigenvalue weighted by Gasteiger charge is -2.35. The third-order valence-corrected chi connectivity index (χ3v) is 4.74. The van der Waals surface area contributed by atoms with Crippen LogP contribution in [0.3, 0.4) is 0 Å². The Labute approximate surface area is 121 Å². The molecule has 1 aromatic heterocycles. The van der Waals surface area contributed by atoms with Crippen LogP contribution in [-0.2, 0) is 11.2 Å². The van der Waals surface area contributed by atoms with Crippen molar-refractivity contribution in [3.63, 3.8) is 0 Å².